The van der Waals surface area contributed by atoms with Crippen LogP contribution in [0.15, 0.2) is 24.3 Å². The number of Topliss-reactive ketones (excluding diaryl/α,β-unsaturated/α-hetero) is 2. The number of carbonyl (C=O) groups is 2. The Kier molecular flexibility index (Phi) is 6.91. The van der Waals surface area contributed by atoms with Gasteiger partial charge in [-0.15, -0.1) is 0 Å². The lowest BCUT2D eigenvalue weighted by molar-refractivity contribution is -0.132. The zero-order valence-electron chi connectivity index (χ0n) is 13.3. The standard InChI is InChI=1S/C18H22FNO2/c1-12(2)7-8-17(21)16(11-20)18(22)13(3)9-14-5-4-6-15(19)10-14/h4-6,10,12-13,16H,7-9H2,1-3H3. The van der Waals surface area contributed by atoms with E-state index < -0.39 is 11.8 Å². The lowest BCUT2D eigenvalue weighted by Gasteiger charge is -2.14. The van der Waals surface area contributed by atoms with E-state index in [-0.39, 0.29) is 23.8 Å². The summed E-state index contributed by atoms with van der Waals surface area (Å²) in [5, 5.41) is 9.14. The van der Waals surface area contributed by atoms with Gasteiger partial charge in [0.15, 0.2) is 17.5 Å². The van der Waals surface area contributed by atoms with Gasteiger partial charge in [0, 0.05) is 12.3 Å². The van der Waals surface area contributed by atoms with Gasteiger partial charge in [-0.05, 0) is 36.5 Å². The molecule has 4 heteroatoms. The first kappa shape index (κ1) is 18.0. The van der Waals surface area contributed by atoms with Crippen molar-refractivity contribution < 1.29 is 14.0 Å². The fourth-order valence-corrected chi connectivity index (χ4v) is 2.27. The molecular formula is C18H22FNO2. The molecule has 0 fully saturated rings. The lowest BCUT2D eigenvalue weighted by atomic mass is 9.86. The summed E-state index contributed by atoms with van der Waals surface area (Å²) in [6.07, 6.45) is 1.24. The summed E-state index contributed by atoms with van der Waals surface area (Å²) < 4.78 is 13.2. The molecule has 0 heterocycles. The number of ketones is 2. The summed E-state index contributed by atoms with van der Waals surface area (Å²) in [6, 6.07) is 7.85. The molecule has 118 valence electrons. The molecule has 0 spiro atoms. The van der Waals surface area contributed by atoms with Gasteiger partial charge in [-0.25, -0.2) is 4.39 Å². The molecule has 1 aromatic carbocycles. The fourth-order valence-electron chi connectivity index (χ4n) is 2.27. The molecule has 2 unspecified atom stereocenters. The van der Waals surface area contributed by atoms with Crippen LogP contribution in [0.2, 0.25) is 0 Å². The predicted octanol–water partition coefficient (Wildman–Crippen LogP) is 3.72. The van der Waals surface area contributed by atoms with E-state index in [1.165, 1.54) is 12.1 Å². The zero-order valence-corrected chi connectivity index (χ0v) is 13.3. The molecule has 1 rings (SSSR count). The van der Waals surface area contributed by atoms with Gasteiger partial charge >= 0.3 is 0 Å². The molecule has 3 nitrogen and oxygen atoms in total. The van der Waals surface area contributed by atoms with Crippen molar-refractivity contribution in [3.8, 4) is 6.07 Å². The van der Waals surface area contributed by atoms with Crippen LogP contribution < -0.4 is 0 Å². The van der Waals surface area contributed by atoms with Crippen LogP contribution in [0.4, 0.5) is 4.39 Å². The van der Waals surface area contributed by atoms with Gasteiger partial charge in [-0.3, -0.25) is 9.59 Å². The Bertz CT molecular complexity index is 575. The Hall–Kier alpha value is -2.02. The highest BCUT2D eigenvalue weighted by Crippen LogP contribution is 2.17. The second-order valence-corrected chi connectivity index (χ2v) is 6.10. The second kappa shape index (κ2) is 8.43. The Morgan fingerprint density at radius 2 is 1.95 bits per heavy atom. The molecule has 0 aliphatic heterocycles. The highest BCUT2D eigenvalue weighted by Gasteiger charge is 2.29. The fraction of sp³-hybridized carbons (Fsp3) is 0.500. The Labute approximate surface area is 131 Å². The number of benzene rings is 1. The number of rotatable bonds is 8. The maximum Gasteiger partial charge on any atom is 0.163 e. The molecule has 0 aliphatic carbocycles. The molecule has 0 aliphatic rings. The normalized spacial score (nSPS) is 13.5. The number of hydrogen-bond acceptors (Lipinski definition) is 3. The minimum Gasteiger partial charge on any atom is -0.298 e. The van der Waals surface area contributed by atoms with Crippen molar-refractivity contribution in [2.75, 3.05) is 0 Å². The van der Waals surface area contributed by atoms with Crippen LogP contribution in [0.5, 0.6) is 0 Å². The van der Waals surface area contributed by atoms with Gasteiger partial charge < -0.3 is 0 Å². The molecule has 2 atom stereocenters. The van der Waals surface area contributed by atoms with Crippen LogP contribution in [0.25, 0.3) is 0 Å². The molecular weight excluding hydrogens is 281 g/mol. The van der Waals surface area contributed by atoms with Crippen molar-refractivity contribution in [2.45, 2.75) is 40.0 Å². The molecule has 22 heavy (non-hydrogen) atoms. The number of hydrogen-bond donors (Lipinski definition) is 0. The number of carbonyl (C=O) groups excluding carboxylic acids is 2. The van der Waals surface area contributed by atoms with Gasteiger partial charge in [-0.2, -0.15) is 5.26 Å². The summed E-state index contributed by atoms with van der Waals surface area (Å²) in [6.45, 7) is 5.65. The highest BCUT2D eigenvalue weighted by atomic mass is 19.1. The van der Waals surface area contributed by atoms with E-state index in [0.29, 0.717) is 24.3 Å². The third-order valence-electron chi connectivity index (χ3n) is 3.62. The molecule has 0 aromatic heterocycles. The van der Waals surface area contributed by atoms with Crippen molar-refractivity contribution in [1.29, 1.82) is 5.26 Å². The van der Waals surface area contributed by atoms with Crippen LogP contribution in [0.3, 0.4) is 0 Å². The van der Waals surface area contributed by atoms with Gasteiger partial charge in [0.2, 0.25) is 0 Å². The largest absolute Gasteiger partial charge is 0.298 e. The van der Waals surface area contributed by atoms with Crippen molar-refractivity contribution in [3.63, 3.8) is 0 Å². The zero-order chi connectivity index (χ0) is 16.7. The Balaban J connectivity index is 2.70. The minimum atomic E-state index is -1.21. The van der Waals surface area contributed by atoms with E-state index in [9.17, 15) is 14.0 Å². The Morgan fingerprint density at radius 1 is 1.27 bits per heavy atom. The monoisotopic (exact) mass is 303 g/mol. The third kappa shape index (κ3) is 5.40. The minimum absolute atomic E-state index is 0.244. The lowest BCUT2D eigenvalue weighted by Crippen LogP contribution is -2.29. The maximum atomic E-state index is 13.2. The second-order valence-electron chi connectivity index (χ2n) is 6.10. The van der Waals surface area contributed by atoms with Crippen LogP contribution in [-0.4, -0.2) is 11.6 Å². The van der Waals surface area contributed by atoms with E-state index in [0.717, 1.165) is 0 Å². The maximum absolute atomic E-state index is 13.2. The summed E-state index contributed by atoms with van der Waals surface area (Å²) in [4.78, 5) is 24.3. The summed E-state index contributed by atoms with van der Waals surface area (Å²) in [5.41, 5.74) is 0.687. The molecule has 0 saturated carbocycles. The topological polar surface area (TPSA) is 57.9 Å². The molecule has 0 radical (unpaired) electrons. The van der Waals surface area contributed by atoms with E-state index in [1.54, 1.807) is 19.1 Å². The van der Waals surface area contributed by atoms with E-state index in [1.807, 2.05) is 19.9 Å². The smallest absolute Gasteiger partial charge is 0.163 e. The van der Waals surface area contributed by atoms with E-state index >= 15 is 0 Å². The number of halogens is 1. The molecule has 0 amide bonds. The number of nitriles is 1. The predicted molar refractivity (Wildman–Crippen MR) is 82.5 cm³/mol. The Morgan fingerprint density at radius 3 is 2.50 bits per heavy atom. The number of nitrogens with zero attached hydrogens (tertiary/aromatic N) is 1. The van der Waals surface area contributed by atoms with Crippen LogP contribution >= 0.6 is 0 Å². The highest BCUT2D eigenvalue weighted by molar-refractivity contribution is 6.05. The van der Waals surface area contributed by atoms with E-state index in [2.05, 4.69) is 0 Å². The first-order valence-electron chi connectivity index (χ1n) is 7.55. The van der Waals surface area contributed by atoms with Crippen molar-refractivity contribution in [1.82, 2.24) is 0 Å². The summed E-state index contributed by atoms with van der Waals surface area (Å²) >= 11 is 0. The first-order chi connectivity index (χ1) is 10.3. The van der Waals surface area contributed by atoms with Crippen LogP contribution in [0.1, 0.15) is 39.2 Å². The molecule has 0 bridgehead atoms. The summed E-state index contributed by atoms with van der Waals surface area (Å²) in [7, 11) is 0. The van der Waals surface area contributed by atoms with Crippen molar-refractivity contribution >= 4 is 11.6 Å². The van der Waals surface area contributed by atoms with Gasteiger partial charge in [0.1, 0.15) is 5.82 Å². The average molecular weight is 303 g/mol. The first-order valence-corrected chi connectivity index (χ1v) is 7.55. The average Bonchev–Trinajstić information content (AvgIpc) is 2.45. The molecule has 0 N–H and O–H groups in total. The van der Waals surface area contributed by atoms with Crippen LogP contribution in [-0.2, 0) is 16.0 Å². The van der Waals surface area contributed by atoms with Crippen molar-refractivity contribution in [3.05, 3.63) is 35.6 Å². The van der Waals surface area contributed by atoms with E-state index in [4.69, 9.17) is 5.26 Å². The molecule has 0 saturated heterocycles. The third-order valence-corrected chi connectivity index (χ3v) is 3.62. The van der Waals surface area contributed by atoms with Crippen molar-refractivity contribution in [2.24, 2.45) is 17.8 Å². The van der Waals surface area contributed by atoms with Crippen LogP contribution in [0, 0.1) is 34.9 Å². The van der Waals surface area contributed by atoms with Gasteiger partial charge in [0.05, 0.1) is 6.07 Å². The SMILES string of the molecule is CC(C)CCC(=O)C(C#N)C(=O)C(C)Cc1cccc(F)c1. The van der Waals surface area contributed by atoms with Gasteiger partial charge in [0.25, 0.3) is 0 Å². The molecule has 1 aromatic rings. The quantitative estimate of drug-likeness (QED) is 0.688. The summed E-state index contributed by atoms with van der Waals surface area (Å²) in [5.74, 6) is -2.39. The van der Waals surface area contributed by atoms with Gasteiger partial charge in [-0.1, -0.05) is 32.9 Å².